The minimum atomic E-state index is 0.585. The number of rotatable bonds is 2. The summed E-state index contributed by atoms with van der Waals surface area (Å²) in [7, 11) is 0. The van der Waals surface area contributed by atoms with Crippen LogP contribution in [0.3, 0.4) is 0 Å². The normalized spacial score (nSPS) is 10.1. The summed E-state index contributed by atoms with van der Waals surface area (Å²) in [6, 6.07) is 14.2. The van der Waals surface area contributed by atoms with Crippen LogP contribution in [0, 0.1) is 0 Å². The molecule has 2 rings (SSSR count). The molecule has 2 heteroatoms. The lowest BCUT2D eigenvalue weighted by molar-refractivity contribution is -0.595. The smallest absolute Gasteiger partial charge is 0.210 e. The van der Waals surface area contributed by atoms with Crippen LogP contribution < -0.4 is 10.3 Å². The van der Waals surface area contributed by atoms with Crippen molar-refractivity contribution in [1.82, 2.24) is 0 Å². The van der Waals surface area contributed by atoms with Gasteiger partial charge in [0.15, 0.2) is 12.4 Å². The molecule has 0 spiro atoms. The summed E-state index contributed by atoms with van der Waals surface area (Å²) in [5.74, 6) is 0. The second-order valence-corrected chi connectivity index (χ2v) is 3.16. The van der Waals surface area contributed by atoms with E-state index in [4.69, 9.17) is 5.73 Å². The number of hydrogen-bond acceptors (Lipinski definition) is 1. The first-order valence-corrected chi connectivity index (χ1v) is 4.66. The van der Waals surface area contributed by atoms with E-state index in [0.29, 0.717) is 6.54 Å². The molecule has 1 aromatic carbocycles. The van der Waals surface area contributed by atoms with Crippen LogP contribution in [-0.2, 0) is 6.54 Å². The van der Waals surface area contributed by atoms with E-state index in [1.807, 2.05) is 42.7 Å². The van der Waals surface area contributed by atoms with E-state index < -0.39 is 0 Å². The van der Waals surface area contributed by atoms with Crippen LogP contribution in [0.15, 0.2) is 54.9 Å². The molecular formula is C12H13N2+. The first-order chi connectivity index (χ1) is 6.90. The van der Waals surface area contributed by atoms with Gasteiger partial charge in [-0.05, 0) is 5.56 Å². The summed E-state index contributed by atoms with van der Waals surface area (Å²) >= 11 is 0. The summed E-state index contributed by atoms with van der Waals surface area (Å²) in [4.78, 5) is 0. The molecule has 2 aromatic rings. The Balaban J connectivity index is 2.42. The van der Waals surface area contributed by atoms with Gasteiger partial charge >= 0.3 is 0 Å². The highest BCUT2D eigenvalue weighted by molar-refractivity contribution is 5.28. The number of hydrogen-bond donors (Lipinski definition) is 1. The lowest BCUT2D eigenvalue weighted by atomic mass is 10.2. The molecule has 2 N–H and O–H groups in total. The molecular weight excluding hydrogens is 172 g/mol. The maximum absolute atomic E-state index is 5.59. The maximum Gasteiger partial charge on any atom is 0.210 e. The molecule has 0 aliphatic rings. The minimum Gasteiger partial charge on any atom is -0.326 e. The average Bonchev–Trinajstić information content (AvgIpc) is 2.30. The Hall–Kier alpha value is -1.67. The van der Waals surface area contributed by atoms with Crippen LogP contribution in [0.25, 0.3) is 5.69 Å². The SMILES string of the molecule is NCc1cccc(-[n+]2ccccc2)c1. The first-order valence-electron chi connectivity index (χ1n) is 4.66. The minimum absolute atomic E-state index is 0.585. The Morgan fingerprint density at radius 3 is 2.50 bits per heavy atom. The molecule has 1 aromatic heterocycles. The molecule has 0 radical (unpaired) electrons. The predicted octanol–water partition coefficient (Wildman–Crippen LogP) is 1.42. The Morgan fingerprint density at radius 1 is 1.00 bits per heavy atom. The van der Waals surface area contributed by atoms with Crippen molar-refractivity contribution in [3.8, 4) is 5.69 Å². The van der Waals surface area contributed by atoms with Crippen molar-refractivity contribution in [2.24, 2.45) is 5.73 Å². The van der Waals surface area contributed by atoms with Crippen molar-refractivity contribution in [3.05, 3.63) is 60.4 Å². The van der Waals surface area contributed by atoms with E-state index in [0.717, 1.165) is 11.3 Å². The van der Waals surface area contributed by atoms with E-state index in [9.17, 15) is 0 Å². The van der Waals surface area contributed by atoms with Gasteiger partial charge in [0.05, 0.1) is 0 Å². The van der Waals surface area contributed by atoms with E-state index in [2.05, 4.69) is 16.7 Å². The molecule has 0 aliphatic carbocycles. The molecule has 0 atom stereocenters. The van der Waals surface area contributed by atoms with Crippen LogP contribution in [0.5, 0.6) is 0 Å². The summed E-state index contributed by atoms with van der Waals surface area (Å²) in [5, 5.41) is 0. The Labute approximate surface area is 83.6 Å². The van der Waals surface area contributed by atoms with Gasteiger partial charge in [-0.15, -0.1) is 0 Å². The van der Waals surface area contributed by atoms with Gasteiger partial charge in [-0.25, -0.2) is 0 Å². The zero-order valence-corrected chi connectivity index (χ0v) is 7.93. The summed E-state index contributed by atoms with van der Waals surface area (Å²) in [5.41, 5.74) is 7.89. The van der Waals surface area contributed by atoms with Crippen LogP contribution >= 0.6 is 0 Å². The van der Waals surface area contributed by atoms with E-state index in [1.165, 1.54) is 0 Å². The molecule has 0 amide bonds. The lowest BCUT2D eigenvalue weighted by Gasteiger charge is -1.97. The maximum atomic E-state index is 5.59. The predicted molar refractivity (Wildman–Crippen MR) is 55.9 cm³/mol. The van der Waals surface area contributed by atoms with Gasteiger partial charge in [0.2, 0.25) is 5.69 Å². The van der Waals surface area contributed by atoms with Crippen molar-refractivity contribution in [1.29, 1.82) is 0 Å². The highest BCUT2D eigenvalue weighted by Gasteiger charge is 2.03. The van der Waals surface area contributed by atoms with E-state index in [1.54, 1.807) is 0 Å². The molecule has 0 fully saturated rings. The van der Waals surface area contributed by atoms with Crippen LogP contribution in [-0.4, -0.2) is 0 Å². The molecule has 0 saturated carbocycles. The highest BCUT2D eigenvalue weighted by atomic mass is 14.9. The van der Waals surface area contributed by atoms with Gasteiger partial charge in [0.1, 0.15) is 0 Å². The monoisotopic (exact) mass is 185 g/mol. The van der Waals surface area contributed by atoms with E-state index >= 15 is 0 Å². The number of benzene rings is 1. The summed E-state index contributed by atoms with van der Waals surface area (Å²) in [6.45, 7) is 0.585. The number of nitrogens with two attached hydrogens (primary N) is 1. The lowest BCUT2D eigenvalue weighted by Crippen LogP contribution is -2.28. The van der Waals surface area contributed by atoms with Gasteiger partial charge in [-0.1, -0.05) is 18.2 Å². The first kappa shape index (κ1) is 8.91. The molecule has 1 heterocycles. The molecule has 70 valence electrons. The fourth-order valence-electron chi connectivity index (χ4n) is 1.41. The molecule has 0 bridgehead atoms. The van der Waals surface area contributed by atoms with Gasteiger partial charge in [0, 0.05) is 30.8 Å². The largest absolute Gasteiger partial charge is 0.326 e. The third-order valence-corrected chi connectivity index (χ3v) is 2.16. The number of aromatic nitrogens is 1. The summed E-state index contributed by atoms with van der Waals surface area (Å²) < 4.78 is 2.07. The average molecular weight is 185 g/mol. The third kappa shape index (κ3) is 1.80. The fraction of sp³-hybridized carbons (Fsp3) is 0.0833. The van der Waals surface area contributed by atoms with Crippen molar-refractivity contribution in [2.75, 3.05) is 0 Å². The molecule has 0 saturated heterocycles. The van der Waals surface area contributed by atoms with Gasteiger partial charge < -0.3 is 5.73 Å². The fourth-order valence-corrected chi connectivity index (χ4v) is 1.41. The van der Waals surface area contributed by atoms with Gasteiger partial charge in [0.25, 0.3) is 0 Å². The Morgan fingerprint density at radius 2 is 1.79 bits per heavy atom. The Kier molecular flexibility index (Phi) is 2.56. The molecule has 14 heavy (non-hydrogen) atoms. The van der Waals surface area contributed by atoms with Crippen molar-refractivity contribution in [3.63, 3.8) is 0 Å². The number of pyridine rings is 1. The van der Waals surface area contributed by atoms with Crippen molar-refractivity contribution >= 4 is 0 Å². The standard InChI is InChI=1S/C12H13N2/c13-10-11-5-4-6-12(9-11)14-7-2-1-3-8-14/h1-9H,10,13H2/q+1. The van der Waals surface area contributed by atoms with Crippen LogP contribution in [0.4, 0.5) is 0 Å². The van der Waals surface area contributed by atoms with Crippen molar-refractivity contribution in [2.45, 2.75) is 6.54 Å². The highest BCUT2D eigenvalue weighted by Crippen LogP contribution is 2.03. The summed E-state index contributed by atoms with van der Waals surface area (Å²) in [6.07, 6.45) is 4.05. The second-order valence-electron chi connectivity index (χ2n) is 3.16. The third-order valence-electron chi connectivity index (χ3n) is 2.16. The van der Waals surface area contributed by atoms with Gasteiger partial charge in [-0.3, -0.25) is 0 Å². The van der Waals surface area contributed by atoms with Crippen LogP contribution in [0.2, 0.25) is 0 Å². The quantitative estimate of drug-likeness (QED) is 0.705. The van der Waals surface area contributed by atoms with E-state index in [-0.39, 0.29) is 0 Å². The second kappa shape index (κ2) is 4.03. The Bertz CT molecular complexity index is 410. The molecule has 2 nitrogen and oxygen atoms in total. The van der Waals surface area contributed by atoms with Crippen molar-refractivity contribution < 1.29 is 4.57 Å². The van der Waals surface area contributed by atoms with Gasteiger partial charge in [-0.2, -0.15) is 4.57 Å². The van der Waals surface area contributed by atoms with Crippen LogP contribution in [0.1, 0.15) is 5.56 Å². The zero-order valence-electron chi connectivity index (χ0n) is 7.93. The molecule has 0 aliphatic heterocycles. The molecule has 0 unspecified atom stereocenters. The number of nitrogens with zero attached hydrogens (tertiary/aromatic N) is 1. The topological polar surface area (TPSA) is 29.9 Å². The zero-order chi connectivity index (χ0) is 9.80.